The number of ether oxygens (including phenoxy) is 1. The minimum Gasteiger partial charge on any atom is -0.464 e. The lowest BCUT2D eigenvalue weighted by Gasteiger charge is -2.14. The van der Waals surface area contributed by atoms with Gasteiger partial charge in [0.25, 0.3) is 0 Å². The van der Waals surface area contributed by atoms with Gasteiger partial charge in [0.15, 0.2) is 0 Å². The third-order valence-corrected chi connectivity index (χ3v) is 3.26. The quantitative estimate of drug-likeness (QED) is 0.833. The molecule has 0 spiro atoms. The van der Waals surface area contributed by atoms with E-state index in [0.717, 1.165) is 11.4 Å². The summed E-state index contributed by atoms with van der Waals surface area (Å²) in [5.74, 6) is 0.535. The third kappa shape index (κ3) is 3.50. The first-order valence-electron chi connectivity index (χ1n) is 6.03. The van der Waals surface area contributed by atoms with Crippen LogP contribution in [0, 0.1) is 0 Å². The van der Waals surface area contributed by atoms with E-state index < -0.39 is 0 Å². The highest BCUT2D eigenvalue weighted by atomic mass is 32.1. The van der Waals surface area contributed by atoms with Crippen LogP contribution >= 0.6 is 11.3 Å². The van der Waals surface area contributed by atoms with E-state index >= 15 is 0 Å². The molecule has 0 aromatic carbocycles. The van der Waals surface area contributed by atoms with Gasteiger partial charge in [-0.05, 0) is 13.3 Å². The molecule has 2 aromatic rings. The molecule has 2 rings (SSSR count). The summed E-state index contributed by atoms with van der Waals surface area (Å²) in [6, 6.07) is 0.280. The van der Waals surface area contributed by atoms with Crippen molar-refractivity contribution < 1.29 is 4.74 Å². The van der Waals surface area contributed by atoms with E-state index in [4.69, 9.17) is 10.5 Å². The van der Waals surface area contributed by atoms with Gasteiger partial charge in [0.2, 0.25) is 11.9 Å². The second-order valence-corrected chi connectivity index (χ2v) is 4.63. The lowest BCUT2D eigenvalue weighted by atomic mass is 10.2. The van der Waals surface area contributed by atoms with Gasteiger partial charge < -0.3 is 15.8 Å². The number of nitrogen functional groups attached to an aromatic ring is 1. The molecule has 1 unspecified atom stereocenters. The molecule has 0 fully saturated rings. The van der Waals surface area contributed by atoms with Gasteiger partial charge in [-0.25, -0.2) is 4.98 Å². The second kappa shape index (κ2) is 6.28. The average molecular weight is 280 g/mol. The fourth-order valence-electron chi connectivity index (χ4n) is 1.53. The van der Waals surface area contributed by atoms with E-state index in [2.05, 4.69) is 32.2 Å². The summed E-state index contributed by atoms with van der Waals surface area (Å²) in [7, 11) is 0. The zero-order chi connectivity index (χ0) is 13.7. The van der Waals surface area contributed by atoms with E-state index in [1.54, 1.807) is 17.5 Å². The number of anilines is 2. The first kappa shape index (κ1) is 13.5. The molecule has 0 saturated heterocycles. The van der Waals surface area contributed by atoms with Crippen LogP contribution in [0.3, 0.4) is 0 Å². The lowest BCUT2D eigenvalue weighted by Crippen LogP contribution is -2.14. The minimum absolute atomic E-state index is 0.0521. The number of aromatic nitrogens is 4. The van der Waals surface area contributed by atoms with Gasteiger partial charge in [-0.3, -0.25) is 0 Å². The van der Waals surface area contributed by atoms with Crippen LogP contribution in [0.2, 0.25) is 0 Å². The Labute approximate surface area is 115 Å². The molecule has 102 valence electrons. The molecule has 3 N–H and O–H groups in total. The summed E-state index contributed by atoms with van der Waals surface area (Å²) in [6.45, 7) is 4.40. The molecule has 0 aliphatic carbocycles. The standard InChI is InChI=1S/C11H16N6OS/c1-3-7(8-13-5-6-19-8)14-10-15-9(12)16-11(17-10)18-4-2/h5-7H,3-4H2,1-2H3,(H3,12,14,15,16,17). The fraction of sp³-hybridized carbons (Fsp3) is 0.455. The highest BCUT2D eigenvalue weighted by molar-refractivity contribution is 7.09. The van der Waals surface area contributed by atoms with Crippen LogP contribution in [0.25, 0.3) is 0 Å². The molecular formula is C11H16N6OS. The van der Waals surface area contributed by atoms with Crippen molar-refractivity contribution >= 4 is 23.2 Å². The molecule has 0 radical (unpaired) electrons. The smallest absolute Gasteiger partial charge is 0.323 e. The molecule has 1 atom stereocenters. The monoisotopic (exact) mass is 280 g/mol. The molecule has 2 aromatic heterocycles. The van der Waals surface area contributed by atoms with Crippen molar-refractivity contribution in [2.45, 2.75) is 26.3 Å². The van der Waals surface area contributed by atoms with Gasteiger partial charge in [-0.15, -0.1) is 11.3 Å². The Bertz CT molecular complexity index is 518. The Morgan fingerprint density at radius 3 is 2.84 bits per heavy atom. The SMILES string of the molecule is CCOc1nc(N)nc(NC(CC)c2nccs2)n1. The zero-order valence-corrected chi connectivity index (χ0v) is 11.6. The van der Waals surface area contributed by atoms with E-state index in [1.165, 1.54) is 0 Å². The Kier molecular flexibility index (Phi) is 4.45. The zero-order valence-electron chi connectivity index (χ0n) is 10.8. The molecule has 0 bridgehead atoms. The topological polar surface area (TPSA) is 98.8 Å². The fourth-order valence-corrected chi connectivity index (χ4v) is 2.30. The van der Waals surface area contributed by atoms with Gasteiger partial charge >= 0.3 is 6.01 Å². The maximum absolute atomic E-state index is 5.63. The molecule has 2 heterocycles. The van der Waals surface area contributed by atoms with Gasteiger partial charge in [0.05, 0.1) is 12.6 Å². The van der Waals surface area contributed by atoms with Crippen molar-refractivity contribution in [1.29, 1.82) is 0 Å². The molecule has 0 saturated carbocycles. The van der Waals surface area contributed by atoms with E-state index in [9.17, 15) is 0 Å². The highest BCUT2D eigenvalue weighted by Gasteiger charge is 2.14. The Morgan fingerprint density at radius 1 is 1.37 bits per heavy atom. The van der Waals surface area contributed by atoms with E-state index in [-0.39, 0.29) is 18.0 Å². The molecule has 8 heteroatoms. The summed E-state index contributed by atoms with van der Waals surface area (Å²) >= 11 is 1.59. The molecule has 0 aliphatic heterocycles. The Morgan fingerprint density at radius 2 is 2.21 bits per heavy atom. The van der Waals surface area contributed by atoms with Crippen LogP contribution < -0.4 is 15.8 Å². The van der Waals surface area contributed by atoms with Crippen LogP contribution in [0.5, 0.6) is 6.01 Å². The van der Waals surface area contributed by atoms with Gasteiger partial charge in [-0.2, -0.15) is 15.0 Å². The summed E-state index contributed by atoms with van der Waals surface area (Å²) in [5.41, 5.74) is 5.63. The maximum atomic E-state index is 5.63. The normalized spacial score (nSPS) is 12.1. The predicted molar refractivity (Wildman–Crippen MR) is 74.2 cm³/mol. The number of hydrogen-bond donors (Lipinski definition) is 2. The average Bonchev–Trinajstić information content (AvgIpc) is 2.89. The number of thiazole rings is 1. The molecule has 7 nitrogen and oxygen atoms in total. The van der Waals surface area contributed by atoms with Crippen LogP contribution in [-0.2, 0) is 0 Å². The van der Waals surface area contributed by atoms with Crippen LogP contribution in [0.4, 0.5) is 11.9 Å². The van der Waals surface area contributed by atoms with Crippen molar-refractivity contribution in [1.82, 2.24) is 19.9 Å². The summed E-state index contributed by atoms with van der Waals surface area (Å²) in [5, 5.41) is 6.12. The first-order valence-corrected chi connectivity index (χ1v) is 6.91. The Balaban J connectivity index is 2.17. The van der Waals surface area contributed by atoms with Crippen molar-refractivity contribution in [3.05, 3.63) is 16.6 Å². The number of nitrogens with zero attached hydrogens (tertiary/aromatic N) is 4. The van der Waals surface area contributed by atoms with Crippen LogP contribution in [0.1, 0.15) is 31.3 Å². The van der Waals surface area contributed by atoms with Crippen molar-refractivity contribution in [2.24, 2.45) is 0 Å². The molecule has 19 heavy (non-hydrogen) atoms. The van der Waals surface area contributed by atoms with E-state index in [1.807, 2.05) is 12.3 Å². The second-order valence-electron chi connectivity index (χ2n) is 3.71. The van der Waals surface area contributed by atoms with Crippen molar-refractivity contribution in [3.8, 4) is 6.01 Å². The Hall–Kier alpha value is -1.96. The summed E-state index contributed by atoms with van der Waals surface area (Å²) in [4.78, 5) is 16.4. The van der Waals surface area contributed by atoms with Crippen molar-refractivity contribution in [3.63, 3.8) is 0 Å². The predicted octanol–water partition coefficient (Wildman–Crippen LogP) is 1.87. The largest absolute Gasteiger partial charge is 0.464 e. The van der Waals surface area contributed by atoms with Gasteiger partial charge in [0.1, 0.15) is 5.01 Å². The number of hydrogen-bond acceptors (Lipinski definition) is 8. The lowest BCUT2D eigenvalue weighted by molar-refractivity contribution is 0.312. The van der Waals surface area contributed by atoms with Gasteiger partial charge in [-0.1, -0.05) is 6.92 Å². The van der Waals surface area contributed by atoms with E-state index in [0.29, 0.717) is 12.6 Å². The van der Waals surface area contributed by atoms with Crippen molar-refractivity contribution in [2.75, 3.05) is 17.7 Å². The summed E-state index contributed by atoms with van der Waals surface area (Å²) in [6.07, 6.45) is 2.64. The van der Waals surface area contributed by atoms with Crippen LogP contribution in [0.15, 0.2) is 11.6 Å². The number of nitrogens with one attached hydrogen (secondary N) is 1. The molecular weight excluding hydrogens is 264 g/mol. The highest BCUT2D eigenvalue weighted by Crippen LogP contribution is 2.23. The first-order chi connectivity index (χ1) is 9.22. The molecule has 0 amide bonds. The third-order valence-electron chi connectivity index (χ3n) is 2.37. The molecule has 0 aliphatic rings. The number of nitrogens with two attached hydrogens (primary N) is 1. The number of rotatable bonds is 6. The minimum atomic E-state index is 0.0521. The summed E-state index contributed by atoms with van der Waals surface area (Å²) < 4.78 is 5.24. The van der Waals surface area contributed by atoms with Gasteiger partial charge in [0, 0.05) is 11.6 Å². The maximum Gasteiger partial charge on any atom is 0.323 e. The van der Waals surface area contributed by atoms with Crippen LogP contribution in [-0.4, -0.2) is 26.5 Å².